The van der Waals surface area contributed by atoms with Crippen molar-refractivity contribution < 1.29 is 18.3 Å². The van der Waals surface area contributed by atoms with Crippen LogP contribution in [0, 0.1) is 11.6 Å². The Morgan fingerprint density at radius 2 is 1.79 bits per heavy atom. The summed E-state index contributed by atoms with van der Waals surface area (Å²) in [6, 6.07) is 20.2. The van der Waals surface area contributed by atoms with E-state index in [-0.39, 0.29) is 5.56 Å². The smallest absolute Gasteiger partial charge is 0.415 e. The number of nitrogens with zero attached hydrogens (tertiary/aromatic N) is 1. The van der Waals surface area contributed by atoms with Gasteiger partial charge in [0.15, 0.2) is 0 Å². The van der Waals surface area contributed by atoms with Crippen LogP contribution in [0.25, 0.3) is 11.1 Å². The number of anilines is 1. The van der Waals surface area contributed by atoms with Gasteiger partial charge in [-0.15, -0.1) is 0 Å². The molecule has 3 nitrogen and oxygen atoms in total. The Morgan fingerprint density at radius 1 is 1.00 bits per heavy atom. The molecule has 29 heavy (non-hydrogen) atoms. The molecule has 4 rings (SSSR count). The molecule has 1 amide bonds. The van der Waals surface area contributed by atoms with Crippen LogP contribution < -0.4 is 4.90 Å². The molecule has 0 saturated carbocycles. The maximum atomic E-state index is 14.2. The van der Waals surface area contributed by atoms with Crippen molar-refractivity contribution in [3.8, 4) is 11.1 Å². The summed E-state index contributed by atoms with van der Waals surface area (Å²) in [6.07, 6.45) is 0.893. The van der Waals surface area contributed by atoms with Gasteiger partial charge in [-0.2, -0.15) is 0 Å². The molecule has 1 atom stereocenters. The number of benzene rings is 3. The molecule has 0 radical (unpaired) electrons. The van der Waals surface area contributed by atoms with Gasteiger partial charge in [0.25, 0.3) is 0 Å². The SMILES string of the molecule is CCC1(c2ccccc2)CCN(c2cccc(-c3ccc(F)cc3F)c2)C(=O)O1. The predicted molar refractivity (Wildman–Crippen MR) is 109 cm³/mol. The number of hydrogen-bond acceptors (Lipinski definition) is 2. The van der Waals surface area contributed by atoms with Gasteiger partial charge in [0.1, 0.15) is 17.2 Å². The minimum Gasteiger partial charge on any atom is -0.438 e. The average molecular weight is 393 g/mol. The van der Waals surface area contributed by atoms with Gasteiger partial charge in [-0.3, -0.25) is 4.90 Å². The number of carbonyl (C=O) groups is 1. The van der Waals surface area contributed by atoms with Gasteiger partial charge in [0.05, 0.1) is 0 Å². The van der Waals surface area contributed by atoms with Crippen LogP contribution in [0.15, 0.2) is 72.8 Å². The van der Waals surface area contributed by atoms with Gasteiger partial charge in [-0.05, 0) is 41.8 Å². The Morgan fingerprint density at radius 3 is 2.48 bits per heavy atom. The van der Waals surface area contributed by atoms with Crippen molar-refractivity contribution in [2.24, 2.45) is 0 Å². The Labute approximate surface area is 168 Å². The average Bonchev–Trinajstić information content (AvgIpc) is 2.74. The van der Waals surface area contributed by atoms with Crippen LogP contribution in [0.1, 0.15) is 25.3 Å². The third-order valence-electron chi connectivity index (χ3n) is 5.51. The van der Waals surface area contributed by atoms with Gasteiger partial charge in [0, 0.05) is 30.3 Å². The number of cyclic esters (lactones) is 1. The summed E-state index contributed by atoms with van der Waals surface area (Å²) in [5, 5.41) is 0. The zero-order valence-electron chi connectivity index (χ0n) is 16.1. The molecule has 3 aromatic carbocycles. The second-order valence-electron chi connectivity index (χ2n) is 7.16. The largest absolute Gasteiger partial charge is 0.438 e. The first-order chi connectivity index (χ1) is 14.0. The normalized spacial score (nSPS) is 19.1. The van der Waals surface area contributed by atoms with Gasteiger partial charge in [-0.1, -0.05) is 49.4 Å². The maximum Gasteiger partial charge on any atom is 0.415 e. The number of ether oxygens (including phenoxy) is 1. The van der Waals surface area contributed by atoms with Crippen molar-refractivity contribution in [2.75, 3.05) is 11.4 Å². The lowest BCUT2D eigenvalue weighted by atomic mass is 9.86. The van der Waals surface area contributed by atoms with Crippen molar-refractivity contribution in [1.29, 1.82) is 0 Å². The molecule has 1 aliphatic heterocycles. The molecule has 0 bridgehead atoms. The van der Waals surface area contributed by atoms with E-state index in [4.69, 9.17) is 4.74 Å². The molecule has 1 unspecified atom stereocenters. The van der Waals surface area contributed by atoms with Crippen LogP contribution >= 0.6 is 0 Å². The van der Waals surface area contributed by atoms with Gasteiger partial charge in [-0.25, -0.2) is 13.6 Å². The second-order valence-corrected chi connectivity index (χ2v) is 7.16. The summed E-state index contributed by atoms with van der Waals surface area (Å²) in [5.74, 6) is -1.27. The van der Waals surface area contributed by atoms with Crippen molar-refractivity contribution in [3.05, 3.63) is 90.0 Å². The molecule has 0 N–H and O–H groups in total. The molecule has 1 saturated heterocycles. The van der Waals surface area contributed by atoms with Gasteiger partial charge >= 0.3 is 6.09 Å². The molecule has 1 aliphatic rings. The lowest BCUT2D eigenvalue weighted by Crippen LogP contribution is -2.47. The second kappa shape index (κ2) is 7.66. The van der Waals surface area contributed by atoms with E-state index in [1.807, 2.05) is 37.3 Å². The Hall–Kier alpha value is -3.21. The quantitative estimate of drug-likeness (QED) is 0.522. The van der Waals surface area contributed by atoms with Crippen LogP contribution in [-0.2, 0) is 10.3 Å². The molecular formula is C24H21F2NO2. The summed E-state index contributed by atoms with van der Waals surface area (Å²) in [6.45, 7) is 2.49. The summed E-state index contributed by atoms with van der Waals surface area (Å²) >= 11 is 0. The van der Waals surface area contributed by atoms with E-state index in [1.54, 1.807) is 29.2 Å². The van der Waals surface area contributed by atoms with E-state index in [0.29, 0.717) is 30.6 Å². The maximum absolute atomic E-state index is 14.2. The summed E-state index contributed by atoms with van der Waals surface area (Å²) < 4.78 is 33.3. The highest BCUT2D eigenvalue weighted by Crippen LogP contribution is 2.39. The minimum atomic E-state index is -0.643. The minimum absolute atomic E-state index is 0.283. The molecule has 0 aliphatic carbocycles. The van der Waals surface area contributed by atoms with Crippen molar-refractivity contribution in [2.45, 2.75) is 25.4 Å². The first-order valence-corrected chi connectivity index (χ1v) is 9.64. The first kappa shape index (κ1) is 19.1. The van der Waals surface area contributed by atoms with E-state index < -0.39 is 23.3 Å². The van der Waals surface area contributed by atoms with Gasteiger partial charge < -0.3 is 4.74 Å². The number of carbonyl (C=O) groups excluding carboxylic acids is 1. The lowest BCUT2D eigenvalue weighted by Gasteiger charge is -2.41. The Balaban J connectivity index is 1.61. The van der Waals surface area contributed by atoms with Crippen LogP contribution in [0.4, 0.5) is 19.3 Å². The molecule has 1 fully saturated rings. The molecule has 148 valence electrons. The van der Waals surface area contributed by atoms with E-state index >= 15 is 0 Å². The van der Waals surface area contributed by atoms with Gasteiger partial charge in [0.2, 0.25) is 0 Å². The summed E-state index contributed by atoms with van der Waals surface area (Å²) in [5.41, 5.74) is 1.82. The molecule has 0 aromatic heterocycles. The molecule has 5 heteroatoms. The Kier molecular flexibility index (Phi) is 5.05. The van der Waals surface area contributed by atoms with E-state index in [2.05, 4.69) is 0 Å². The van der Waals surface area contributed by atoms with E-state index in [0.717, 1.165) is 11.6 Å². The van der Waals surface area contributed by atoms with Crippen LogP contribution in [0.5, 0.6) is 0 Å². The van der Waals surface area contributed by atoms with E-state index in [9.17, 15) is 13.6 Å². The fraction of sp³-hybridized carbons (Fsp3) is 0.208. The monoisotopic (exact) mass is 393 g/mol. The number of rotatable bonds is 4. The third-order valence-corrected chi connectivity index (χ3v) is 5.51. The third kappa shape index (κ3) is 3.60. The zero-order chi connectivity index (χ0) is 20.4. The fourth-order valence-electron chi connectivity index (χ4n) is 3.85. The zero-order valence-corrected chi connectivity index (χ0v) is 16.1. The molecule has 1 heterocycles. The number of amides is 1. The first-order valence-electron chi connectivity index (χ1n) is 9.64. The number of halogens is 2. The lowest BCUT2D eigenvalue weighted by molar-refractivity contribution is -0.0121. The van der Waals surface area contributed by atoms with Crippen LogP contribution in [0.2, 0.25) is 0 Å². The highest BCUT2D eigenvalue weighted by atomic mass is 19.1. The predicted octanol–water partition coefficient (Wildman–Crippen LogP) is 6.28. The van der Waals surface area contributed by atoms with Crippen LogP contribution in [-0.4, -0.2) is 12.6 Å². The summed E-state index contributed by atoms with van der Waals surface area (Å²) in [4.78, 5) is 14.4. The fourth-order valence-corrected chi connectivity index (χ4v) is 3.85. The van der Waals surface area contributed by atoms with Crippen molar-refractivity contribution in [1.82, 2.24) is 0 Å². The Bertz CT molecular complexity index is 1040. The highest BCUT2D eigenvalue weighted by Gasteiger charge is 2.41. The van der Waals surface area contributed by atoms with Crippen LogP contribution in [0.3, 0.4) is 0 Å². The van der Waals surface area contributed by atoms with Crippen molar-refractivity contribution in [3.63, 3.8) is 0 Å². The van der Waals surface area contributed by atoms with Crippen molar-refractivity contribution >= 4 is 11.8 Å². The molecule has 0 spiro atoms. The number of hydrogen-bond donors (Lipinski definition) is 0. The standard InChI is InChI=1S/C24H21F2NO2/c1-2-24(18-8-4-3-5-9-18)13-14-27(23(28)29-24)20-10-6-7-17(15-20)21-12-11-19(25)16-22(21)26/h3-12,15-16H,2,13-14H2,1H3. The highest BCUT2D eigenvalue weighted by molar-refractivity contribution is 5.90. The van der Waals surface area contributed by atoms with E-state index in [1.165, 1.54) is 12.1 Å². The topological polar surface area (TPSA) is 29.5 Å². The summed E-state index contributed by atoms with van der Waals surface area (Å²) in [7, 11) is 0. The molecule has 3 aromatic rings. The molecular weight excluding hydrogens is 372 g/mol.